The van der Waals surface area contributed by atoms with Crippen molar-refractivity contribution in [2.75, 3.05) is 0 Å². The molecule has 0 amide bonds. The highest BCUT2D eigenvalue weighted by Crippen LogP contribution is 2.35. The minimum atomic E-state index is -4.34. The molecular formula is C9H6F3NS. The van der Waals surface area contributed by atoms with Gasteiger partial charge < -0.3 is 0 Å². The van der Waals surface area contributed by atoms with E-state index >= 15 is 0 Å². The van der Waals surface area contributed by atoms with Crippen molar-refractivity contribution in [1.82, 2.24) is 4.98 Å². The first-order valence-electron chi connectivity index (χ1n) is 3.92. The zero-order chi connectivity index (χ0) is 10.3. The van der Waals surface area contributed by atoms with E-state index in [1.54, 1.807) is 25.1 Å². The van der Waals surface area contributed by atoms with E-state index in [-0.39, 0.29) is 0 Å². The Kier molecular flexibility index (Phi) is 1.99. The molecule has 0 fully saturated rings. The van der Waals surface area contributed by atoms with Crippen LogP contribution in [-0.2, 0) is 6.18 Å². The fourth-order valence-corrected chi connectivity index (χ4v) is 2.12. The standard InChI is InChI=1S/C9H6F3NS/c1-5-3-2-4-6-7(5)13-8(14-6)9(10,11)12/h2-4H,1H3. The van der Waals surface area contributed by atoms with Crippen molar-refractivity contribution in [3.63, 3.8) is 0 Å². The van der Waals surface area contributed by atoms with Gasteiger partial charge in [0.15, 0.2) is 5.01 Å². The normalized spacial score (nSPS) is 12.3. The third-order valence-electron chi connectivity index (χ3n) is 1.86. The molecule has 0 atom stereocenters. The highest BCUT2D eigenvalue weighted by molar-refractivity contribution is 7.18. The van der Waals surface area contributed by atoms with E-state index in [2.05, 4.69) is 4.98 Å². The number of halogens is 3. The van der Waals surface area contributed by atoms with Gasteiger partial charge in [0.2, 0.25) is 0 Å². The number of alkyl halides is 3. The molecule has 2 aromatic rings. The lowest BCUT2D eigenvalue weighted by molar-refractivity contribution is -0.137. The van der Waals surface area contributed by atoms with E-state index in [4.69, 9.17) is 0 Å². The molecule has 0 aliphatic carbocycles. The summed E-state index contributed by atoms with van der Waals surface area (Å²) in [6.45, 7) is 1.75. The summed E-state index contributed by atoms with van der Waals surface area (Å²) in [5.74, 6) is 0. The lowest BCUT2D eigenvalue weighted by Crippen LogP contribution is -2.03. The molecule has 1 nitrogen and oxygen atoms in total. The van der Waals surface area contributed by atoms with E-state index in [0.29, 0.717) is 21.6 Å². The van der Waals surface area contributed by atoms with E-state index < -0.39 is 11.2 Å². The number of nitrogens with zero attached hydrogens (tertiary/aromatic N) is 1. The average Bonchev–Trinajstić information content (AvgIpc) is 2.48. The molecule has 1 aromatic carbocycles. The van der Waals surface area contributed by atoms with Gasteiger partial charge in [-0.15, -0.1) is 11.3 Å². The Balaban J connectivity index is 2.69. The lowest BCUT2D eigenvalue weighted by atomic mass is 10.2. The van der Waals surface area contributed by atoms with E-state index in [0.717, 1.165) is 5.56 Å². The Bertz CT molecular complexity index is 472. The van der Waals surface area contributed by atoms with E-state index in [1.165, 1.54) is 0 Å². The van der Waals surface area contributed by atoms with Gasteiger partial charge in [0, 0.05) is 0 Å². The Morgan fingerprint density at radius 1 is 1.29 bits per heavy atom. The van der Waals surface area contributed by atoms with Crippen molar-refractivity contribution in [2.24, 2.45) is 0 Å². The molecule has 14 heavy (non-hydrogen) atoms. The van der Waals surface area contributed by atoms with Gasteiger partial charge in [0.25, 0.3) is 0 Å². The zero-order valence-corrected chi connectivity index (χ0v) is 8.04. The minimum Gasteiger partial charge on any atom is -0.232 e. The predicted octanol–water partition coefficient (Wildman–Crippen LogP) is 3.62. The topological polar surface area (TPSA) is 12.9 Å². The number of hydrogen-bond acceptors (Lipinski definition) is 2. The van der Waals surface area contributed by atoms with Crippen LogP contribution in [0.3, 0.4) is 0 Å². The lowest BCUT2D eigenvalue weighted by Gasteiger charge is -1.98. The third kappa shape index (κ3) is 1.48. The third-order valence-corrected chi connectivity index (χ3v) is 2.93. The van der Waals surface area contributed by atoms with Crippen LogP contribution in [0.1, 0.15) is 10.6 Å². The molecule has 2 rings (SSSR count). The van der Waals surface area contributed by atoms with Gasteiger partial charge in [0.05, 0.1) is 10.2 Å². The molecule has 0 radical (unpaired) electrons. The van der Waals surface area contributed by atoms with Crippen molar-refractivity contribution in [3.8, 4) is 0 Å². The zero-order valence-electron chi connectivity index (χ0n) is 7.22. The van der Waals surface area contributed by atoms with Crippen LogP contribution in [-0.4, -0.2) is 4.98 Å². The second kappa shape index (κ2) is 2.95. The maximum Gasteiger partial charge on any atom is 0.443 e. The number of benzene rings is 1. The van der Waals surface area contributed by atoms with Crippen LogP contribution in [0, 0.1) is 6.92 Å². The SMILES string of the molecule is Cc1cccc2sc(C(F)(F)F)nc12. The molecule has 0 unspecified atom stereocenters. The van der Waals surface area contributed by atoms with Crippen LogP contribution in [0.2, 0.25) is 0 Å². The largest absolute Gasteiger partial charge is 0.443 e. The molecule has 0 spiro atoms. The predicted molar refractivity (Wildman–Crippen MR) is 49.4 cm³/mol. The summed E-state index contributed by atoms with van der Waals surface area (Å²) in [4.78, 5) is 3.58. The molecule has 0 aliphatic rings. The van der Waals surface area contributed by atoms with Gasteiger partial charge in [-0.2, -0.15) is 13.2 Å². The molecule has 1 heterocycles. The minimum absolute atomic E-state index is 0.449. The maximum absolute atomic E-state index is 12.3. The number of hydrogen-bond donors (Lipinski definition) is 0. The van der Waals surface area contributed by atoms with Crippen LogP contribution in [0.5, 0.6) is 0 Å². The Labute approximate surface area is 82.2 Å². The number of aryl methyl sites for hydroxylation is 1. The van der Waals surface area contributed by atoms with E-state index in [1.807, 2.05) is 0 Å². The van der Waals surface area contributed by atoms with Crippen molar-refractivity contribution in [3.05, 3.63) is 28.8 Å². The number of para-hydroxylation sites is 1. The summed E-state index contributed by atoms with van der Waals surface area (Å²) in [6.07, 6.45) is -4.34. The second-order valence-corrected chi connectivity index (χ2v) is 3.97. The van der Waals surface area contributed by atoms with Crippen molar-refractivity contribution in [2.45, 2.75) is 13.1 Å². The quantitative estimate of drug-likeness (QED) is 0.656. The molecule has 1 aromatic heterocycles. The van der Waals surface area contributed by atoms with Crippen LogP contribution in [0.15, 0.2) is 18.2 Å². The Morgan fingerprint density at radius 2 is 2.00 bits per heavy atom. The average molecular weight is 217 g/mol. The van der Waals surface area contributed by atoms with Crippen LogP contribution in [0.25, 0.3) is 10.2 Å². The van der Waals surface area contributed by atoms with Crippen molar-refractivity contribution >= 4 is 21.6 Å². The molecule has 0 saturated carbocycles. The monoisotopic (exact) mass is 217 g/mol. The fraction of sp³-hybridized carbons (Fsp3) is 0.222. The second-order valence-electron chi connectivity index (χ2n) is 2.94. The molecule has 0 saturated heterocycles. The summed E-state index contributed by atoms with van der Waals surface area (Å²) in [7, 11) is 0. The van der Waals surface area contributed by atoms with Gasteiger partial charge in [-0.25, -0.2) is 4.98 Å². The first-order valence-corrected chi connectivity index (χ1v) is 4.73. The van der Waals surface area contributed by atoms with Gasteiger partial charge in [-0.1, -0.05) is 12.1 Å². The van der Waals surface area contributed by atoms with Gasteiger partial charge in [0.1, 0.15) is 0 Å². The van der Waals surface area contributed by atoms with Gasteiger partial charge in [-0.3, -0.25) is 0 Å². The summed E-state index contributed by atoms with van der Waals surface area (Å²) in [6, 6.07) is 5.13. The molecular weight excluding hydrogens is 211 g/mol. The highest BCUT2D eigenvalue weighted by atomic mass is 32.1. The molecule has 0 bridgehead atoms. The molecule has 0 N–H and O–H groups in total. The van der Waals surface area contributed by atoms with Gasteiger partial charge >= 0.3 is 6.18 Å². The van der Waals surface area contributed by atoms with Crippen molar-refractivity contribution < 1.29 is 13.2 Å². The van der Waals surface area contributed by atoms with Crippen LogP contribution < -0.4 is 0 Å². The molecule has 5 heteroatoms. The van der Waals surface area contributed by atoms with Crippen LogP contribution in [0.4, 0.5) is 13.2 Å². The number of rotatable bonds is 0. The smallest absolute Gasteiger partial charge is 0.232 e. The summed E-state index contributed by atoms with van der Waals surface area (Å²) < 4.78 is 37.5. The maximum atomic E-state index is 12.3. The van der Waals surface area contributed by atoms with Crippen LogP contribution >= 0.6 is 11.3 Å². The first-order chi connectivity index (χ1) is 6.48. The van der Waals surface area contributed by atoms with Gasteiger partial charge in [-0.05, 0) is 18.6 Å². The summed E-state index contributed by atoms with van der Waals surface area (Å²) in [5, 5.41) is -0.776. The number of thiazole rings is 1. The number of fused-ring (bicyclic) bond motifs is 1. The summed E-state index contributed by atoms with van der Waals surface area (Å²) in [5.41, 5.74) is 1.22. The highest BCUT2D eigenvalue weighted by Gasteiger charge is 2.34. The molecule has 0 aliphatic heterocycles. The fourth-order valence-electron chi connectivity index (χ4n) is 1.21. The van der Waals surface area contributed by atoms with E-state index in [9.17, 15) is 13.2 Å². The first kappa shape index (κ1) is 9.45. The Morgan fingerprint density at radius 3 is 2.57 bits per heavy atom. The Hall–Kier alpha value is -1.10. The van der Waals surface area contributed by atoms with Crippen molar-refractivity contribution in [1.29, 1.82) is 0 Å². The number of aromatic nitrogens is 1. The molecule has 74 valence electrons. The summed E-state index contributed by atoms with van der Waals surface area (Å²) >= 11 is 0.682.